The summed E-state index contributed by atoms with van der Waals surface area (Å²) in [5.41, 5.74) is 0.672. The van der Waals surface area contributed by atoms with Gasteiger partial charge in [0.05, 0.1) is 5.25 Å². The lowest BCUT2D eigenvalue weighted by atomic mass is 10.1. The number of thiophene rings is 1. The molecule has 0 N–H and O–H groups in total. The topological polar surface area (TPSA) is 47.8 Å². The highest BCUT2D eigenvalue weighted by atomic mass is 35.5. The van der Waals surface area contributed by atoms with Gasteiger partial charge in [-0.2, -0.15) is 0 Å². The summed E-state index contributed by atoms with van der Waals surface area (Å²) in [6, 6.07) is 11.7. The maximum absolute atomic E-state index is 12.7. The van der Waals surface area contributed by atoms with E-state index in [-0.39, 0.29) is 11.0 Å². The molecule has 2 heterocycles. The van der Waals surface area contributed by atoms with Crippen LogP contribution in [0.5, 0.6) is 0 Å². The second kappa shape index (κ2) is 7.55. The molecule has 4 nitrogen and oxygen atoms in total. The van der Waals surface area contributed by atoms with Crippen LogP contribution in [0.3, 0.4) is 0 Å². The summed E-state index contributed by atoms with van der Waals surface area (Å²) < 4.78 is 2.23. The molecule has 1 fully saturated rings. The fraction of sp³-hybridized carbons (Fsp3) is 0.316. The molecule has 1 aliphatic rings. The highest BCUT2D eigenvalue weighted by Gasteiger charge is 2.31. The van der Waals surface area contributed by atoms with Crippen LogP contribution < -0.4 is 0 Å². The van der Waals surface area contributed by atoms with Crippen molar-refractivity contribution in [3.63, 3.8) is 0 Å². The third kappa shape index (κ3) is 3.87. The lowest BCUT2D eigenvalue weighted by molar-refractivity contribution is 0.0994. The second-order valence-electron chi connectivity index (χ2n) is 6.39. The lowest BCUT2D eigenvalue weighted by Gasteiger charge is -2.12. The number of rotatable bonds is 7. The van der Waals surface area contributed by atoms with Crippen molar-refractivity contribution in [2.24, 2.45) is 0 Å². The van der Waals surface area contributed by atoms with Crippen LogP contribution >= 0.6 is 34.7 Å². The predicted molar refractivity (Wildman–Crippen MR) is 107 cm³/mol. The van der Waals surface area contributed by atoms with E-state index in [1.165, 1.54) is 16.6 Å². The number of thioether (sulfide) groups is 1. The molecule has 1 unspecified atom stereocenters. The minimum absolute atomic E-state index is 0.0804. The molecular weight excluding hydrogens is 386 g/mol. The van der Waals surface area contributed by atoms with Crippen molar-refractivity contribution in [3.8, 4) is 0 Å². The van der Waals surface area contributed by atoms with Gasteiger partial charge in [-0.05, 0) is 55.5 Å². The number of Topliss-reactive ketones (excluding diaryl/α,β-unsaturated/α-hetero) is 1. The van der Waals surface area contributed by atoms with Crippen LogP contribution in [-0.4, -0.2) is 25.8 Å². The van der Waals surface area contributed by atoms with Crippen molar-refractivity contribution in [1.29, 1.82) is 0 Å². The smallest absolute Gasteiger partial charge is 0.192 e. The molecule has 1 saturated carbocycles. The number of halogens is 1. The Morgan fingerprint density at radius 3 is 2.73 bits per heavy atom. The Balaban J connectivity index is 1.53. The number of benzene rings is 1. The normalized spacial score (nSPS) is 15.2. The highest BCUT2D eigenvalue weighted by Crippen LogP contribution is 2.40. The molecule has 4 rings (SSSR count). The first-order valence-corrected chi connectivity index (χ1v) is 10.7. The first-order valence-electron chi connectivity index (χ1n) is 8.54. The van der Waals surface area contributed by atoms with Crippen molar-refractivity contribution in [2.75, 3.05) is 0 Å². The number of nitrogens with zero attached hydrogens (tertiary/aromatic N) is 3. The third-order valence-corrected chi connectivity index (χ3v) is 6.52. The number of hydrogen-bond donors (Lipinski definition) is 0. The zero-order valence-corrected chi connectivity index (χ0v) is 16.7. The van der Waals surface area contributed by atoms with Gasteiger partial charge in [0.1, 0.15) is 5.82 Å². The quantitative estimate of drug-likeness (QED) is 0.397. The van der Waals surface area contributed by atoms with Gasteiger partial charge in [-0.3, -0.25) is 4.79 Å². The average Bonchev–Trinajstić information content (AvgIpc) is 3.20. The molecule has 134 valence electrons. The maximum Gasteiger partial charge on any atom is 0.192 e. The first kappa shape index (κ1) is 17.8. The van der Waals surface area contributed by atoms with E-state index in [9.17, 15) is 4.79 Å². The summed E-state index contributed by atoms with van der Waals surface area (Å²) in [6.07, 6.45) is 3.10. The van der Waals surface area contributed by atoms with Crippen LogP contribution in [0, 0.1) is 0 Å². The summed E-state index contributed by atoms with van der Waals surface area (Å²) in [6.45, 7) is 1.92. The molecule has 2 aromatic heterocycles. The van der Waals surface area contributed by atoms with Crippen molar-refractivity contribution in [3.05, 3.63) is 63.1 Å². The van der Waals surface area contributed by atoms with Crippen molar-refractivity contribution in [2.45, 2.75) is 42.6 Å². The van der Waals surface area contributed by atoms with Crippen molar-refractivity contribution in [1.82, 2.24) is 14.8 Å². The Kier molecular flexibility index (Phi) is 5.16. The molecule has 26 heavy (non-hydrogen) atoms. The molecule has 0 aliphatic heterocycles. The molecule has 1 aromatic carbocycles. The van der Waals surface area contributed by atoms with E-state index in [0.717, 1.165) is 30.2 Å². The van der Waals surface area contributed by atoms with Crippen LogP contribution in [-0.2, 0) is 6.42 Å². The summed E-state index contributed by atoms with van der Waals surface area (Å²) in [4.78, 5) is 14.0. The Labute approximate surface area is 165 Å². The molecule has 0 spiro atoms. The molecule has 0 saturated heterocycles. The average molecular weight is 404 g/mol. The van der Waals surface area contributed by atoms with Crippen molar-refractivity contribution >= 4 is 40.5 Å². The van der Waals surface area contributed by atoms with Crippen LogP contribution in [0.15, 0.2) is 46.9 Å². The molecule has 7 heteroatoms. The summed E-state index contributed by atoms with van der Waals surface area (Å²) in [5, 5.41) is 12.1. The number of hydrogen-bond acceptors (Lipinski definition) is 5. The Morgan fingerprint density at radius 1 is 1.31 bits per heavy atom. The standard InChI is InChI=1S/C19H18ClN3OS2/c1-12(18(24)13-4-6-14(20)7-5-13)26-19-22-21-17(23(19)15-8-9-15)11-16-3-2-10-25-16/h2-7,10,12,15H,8-9,11H2,1H3. The van der Waals surface area contributed by atoms with E-state index in [1.54, 1.807) is 35.6 Å². The minimum atomic E-state index is -0.229. The molecule has 0 bridgehead atoms. The van der Waals surface area contributed by atoms with Gasteiger partial charge in [-0.25, -0.2) is 0 Å². The zero-order chi connectivity index (χ0) is 18.1. The van der Waals surface area contributed by atoms with Crippen LogP contribution in [0.1, 0.15) is 46.9 Å². The number of ketones is 1. The van der Waals surface area contributed by atoms with E-state index in [2.05, 4.69) is 32.3 Å². The van der Waals surface area contributed by atoms with E-state index >= 15 is 0 Å². The first-order chi connectivity index (χ1) is 12.6. The SMILES string of the molecule is CC(Sc1nnc(Cc2cccs2)n1C1CC1)C(=O)c1ccc(Cl)cc1. The van der Waals surface area contributed by atoms with E-state index < -0.39 is 0 Å². The Bertz CT molecular complexity index is 902. The summed E-state index contributed by atoms with van der Waals surface area (Å²) in [5.74, 6) is 1.07. The van der Waals surface area contributed by atoms with Gasteiger partial charge in [0.25, 0.3) is 0 Å². The largest absolute Gasteiger partial charge is 0.303 e. The van der Waals surface area contributed by atoms with E-state index in [1.807, 2.05) is 6.92 Å². The number of aromatic nitrogens is 3. The zero-order valence-electron chi connectivity index (χ0n) is 14.3. The molecule has 0 amide bonds. The fourth-order valence-corrected chi connectivity index (χ4v) is 4.68. The van der Waals surface area contributed by atoms with Gasteiger partial charge in [0.15, 0.2) is 10.9 Å². The Hall–Kier alpha value is -1.63. The second-order valence-corrected chi connectivity index (χ2v) is 9.16. The maximum atomic E-state index is 12.7. The number of carbonyl (C=O) groups excluding carboxylic acids is 1. The molecular formula is C19H18ClN3OS2. The van der Waals surface area contributed by atoms with E-state index in [0.29, 0.717) is 16.6 Å². The summed E-state index contributed by atoms with van der Waals surface area (Å²) >= 11 is 9.13. The van der Waals surface area contributed by atoms with Gasteiger partial charge >= 0.3 is 0 Å². The van der Waals surface area contributed by atoms with Crippen molar-refractivity contribution < 1.29 is 4.79 Å². The van der Waals surface area contributed by atoms with Crippen LogP contribution in [0.4, 0.5) is 0 Å². The van der Waals surface area contributed by atoms with Crippen LogP contribution in [0.2, 0.25) is 5.02 Å². The van der Waals surface area contributed by atoms with Gasteiger partial charge in [-0.1, -0.05) is 29.4 Å². The lowest BCUT2D eigenvalue weighted by Crippen LogP contribution is -2.15. The molecule has 1 atom stereocenters. The fourth-order valence-electron chi connectivity index (χ4n) is 2.84. The van der Waals surface area contributed by atoms with Gasteiger partial charge in [0, 0.05) is 27.9 Å². The van der Waals surface area contributed by atoms with Gasteiger partial charge in [-0.15, -0.1) is 21.5 Å². The number of carbonyl (C=O) groups is 1. The molecule has 1 aliphatic carbocycles. The van der Waals surface area contributed by atoms with Gasteiger partial charge in [0.2, 0.25) is 0 Å². The molecule has 3 aromatic rings. The predicted octanol–water partition coefficient (Wildman–Crippen LogP) is 5.28. The van der Waals surface area contributed by atoms with E-state index in [4.69, 9.17) is 11.6 Å². The minimum Gasteiger partial charge on any atom is -0.303 e. The summed E-state index contributed by atoms with van der Waals surface area (Å²) in [7, 11) is 0. The molecule has 0 radical (unpaired) electrons. The van der Waals surface area contributed by atoms with Crippen LogP contribution in [0.25, 0.3) is 0 Å². The van der Waals surface area contributed by atoms with Gasteiger partial charge < -0.3 is 4.57 Å². The Morgan fingerprint density at radius 2 is 2.08 bits per heavy atom. The monoisotopic (exact) mass is 403 g/mol. The third-order valence-electron chi connectivity index (χ3n) is 4.34. The highest BCUT2D eigenvalue weighted by molar-refractivity contribution is 8.00.